The normalized spacial score (nSPS) is 17.6. The van der Waals surface area contributed by atoms with Gasteiger partial charge in [-0.1, -0.05) is 30.1 Å². The molecule has 1 aliphatic heterocycles. The van der Waals surface area contributed by atoms with Gasteiger partial charge in [-0.25, -0.2) is 9.59 Å². The number of carbonyl (C=O) groups is 2. The molecule has 1 unspecified atom stereocenters. The maximum absolute atomic E-state index is 12.1. The topological polar surface area (TPSA) is 108 Å². The minimum Gasteiger partial charge on any atom is -0.506 e. The first kappa shape index (κ1) is 17.2. The van der Waals surface area contributed by atoms with Gasteiger partial charge in [0.15, 0.2) is 5.75 Å². The molecule has 0 aliphatic carbocycles. The lowest BCUT2D eigenvalue weighted by atomic mass is 9.93. The molecule has 1 heterocycles. The zero-order chi connectivity index (χ0) is 17.3. The lowest BCUT2D eigenvalue weighted by molar-refractivity contribution is -0.136. The Labute approximate surface area is 141 Å². The highest BCUT2D eigenvalue weighted by atomic mass is 35.5. The van der Waals surface area contributed by atoms with Gasteiger partial charge in [-0.3, -0.25) is 0 Å². The van der Waals surface area contributed by atoms with E-state index < -0.39 is 29.5 Å². The van der Waals surface area contributed by atoms with Crippen LogP contribution in [-0.4, -0.2) is 29.3 Å². The van der Waals surface area contributed by atoms with Crippen LogP contribution in [0, 0.1) is 0 Å². The van der Waals surface area contributed by atoms with E-state index in [9.17, 15) is 19.8 Å². The van der Waals surface area contributed by atoms with Crippen LogP contribution in [0.5, 0.6) is 11.5 Å². The maximum atomic E-state index is 12.1. The number of urea groups is 1. The van der Waals surface area contributed by atoms with E-state index in [-0.39, 0.29) is 21.2 Å². The third-order valence-corrected chi connectivity index (χ3v) is 4.07. The standard InChI is InChI=1S/C14H14Cl2N2O5/c1-3-7-8(13(21)23-2)10(18-14(22)17-7)5-4-6(15)12(20)9(16)11(5)19/h4,10,19-20H,3H2,1-2H3,(H2,17,18,22). The molecule has 2 amide bonds. The number of esters is 1. The summed E-state index contributed by atoms with van der Waals surface area (Å²) < 4.78 is 4.75. The molecule has 0 spiro atoms. The van der Waals surface area contributed by atoms with Crippen molar-refractivity contribution in [3.63, 3.8) is 0 Å². The molecule has 0 bridgehead atoms. The van der Waals surface area contributed by atoms with Crippen LogP contribution in [-0.2, 0) is 9.53 Å². The van der Waals surface area contributed by atoms with Gasteiger partial charge in [-0.05, 0) is 12.5 Å². The second kappa shape index (κ2) is 6.55. The van der Waals surface area contributed by atoms with Crippen LogP contribution in [0.15, 0.2) is 17.3 Å². The molecule has 2 rings (SSSR count). The van der Waals surface area contributed by atoms with E-state index in [0.717, 1.165) is 0 Å². The van der Waals surface area contributed by atoms with Crippen LogP contribution in [0.25, 0.3) is 0 Å². The summed E-state index contributed by atoms with van der Waals surface area (Å²) in [5.41, 5.74) is 0.534. The lowest BCUT2D eigenvalue weighted by Gasteiger charge is -2.29. The molecule has 124 valence electrons. The Balaban J connectivity index is 2.69. The Kier molecular flexibility index (Phi) is 4.91. The minimum absolute atomic E-state index is 0.0685. The summed E-state index contributed by atoms with van der Waals surface area (Å²) in [5.74, 6) is -1.66. The van der Waals surface area contributed by atoms with Crippen LogP contribution in [0.3, 0.4) is 0 Å². The highest BCUT2D eigenvalue weighted by Crippen LogP contribution is 2.45. The van der Waals surface area contributed by atoms with E-state index in [4.69, 9.17) is 27.9 Å². The number of hydrogen-bond acceptors (Lipinski definition) is 5. The number of methoxy groups -OCH3 is 1. The third-order valence-electron chi connectivity index (χ3n) is 3.42. The van der Waals surface area contributed by atoms with E-state index >= 15 is 0 Å². The van der Waals surface area contributed by atoms with Crippen molar-refractivity contribution < 1.29 is 24.5 Å². The van der Waals surface area contributed by atoms with E-state index in [0.29, 0.717) is 12.1 Å². The predicted molar refractivity (Wildman–Crippen MR) is 83.5 cm³/mol. The number of amides is 2. The minimum atomic E-state index is -1.03. The zero-order valence-corrected chi connectivity index (χ0v) is 13.7. The number of hydrogen-bond donors (Lipinski definition) is 4. The van der Waals surface area contributed by atoms with Crippen molar-refractivity contribution in [2.75, 3.05) is 7.11 Å². The van der Waals surface area contributed by atoms with Crippen molar-refractivity contribution in [2.45, 2.75) is 19.4 Å². The zero-order valence-electron chi connectivity index (χ0n) is 12.2. The summed E-state index contributed by atoms with van der Waals surface area (Å²) in [6.45, 7) is 1.75. The molecule has 1 atom stereocenters. The van der Waals surface area contributed by atoms with Crippen molar-refractivity contribution in [3.05, 3.63) is 32.9 Å². The Bertz CT molecular complexity index is 718. The van der Waals surface area contributed by atoms with Crippen molar-refractivity contribution >= 4 is 35.2 Å². The van der Waals surface area contributed by atoms with Crippen LogP contribution in [0.2, 0.25) is 10.0 Å². The summed E-state index contributed by atoms with van der Waals surface area (Å²) in [4.78, 5) is 23.9. The molecule has 1 aromatic carbocycles. The molecule has 4 N–H and O–H groups in total. The molecule has 0 fully saturated rings. The van der Waals surface area contributed by atoms with Gasteiger partial charge < -0.3 is 25.6 Å². The second-order valence-corrected chi connectivity index (χ2v) is 5.51. The van der Waals surface area contributed by atoms with Crippen LogP contribution >= 0.6 is 23.2 Å². The molecular weight excluding hydrogens is 347 g/mol. The van der Waals surface area contributed by atoms with Crippen molar-refractivity contribution in [1.82, 2.24) is 10.6 Å². The Morgan fingerprint density at radius 2 is 2.00 bits per heavy atom. The van der Waals surface area contributed by atoms with Gasteiger partial charge in [-0.15, -0.1) is 0 Å². The quantitative estimate of drug-likeness (QED) is 0.619. The van der Waals surface area contributed by atoms with Gasteiger partial charge in [0.25, 0.3) is 0 Å². The SMILES string of the molecule is CCC1=C(C(=O)OC)C(c2cc(Cl)c(O)c(Cl)c2O)NC(=O)N1. The lowest BCUT2D eigenvalue weighted by Crippen LogP contribution is -2.45. The average Bonchev–Trinajstić information content (AvgIpc) is 2.54. The molecule has 9 heteroatoms. The Hall–Kier alpha value is -2.12. The van der Waals surface area contributed by atoms with Gasteiger partial charge in [0.1, 0.15) is 10.8 Å². The van der Waals surface area contributed by atoms with E-state index in [1.165, 1.54) is 13.2 Å². The number of halogens is 2. The summed E-state index contributed by atoms with van der Waals surface area (Å²) in [6, 6.07) is -0.356. The Morgan fingerprint density at radius 3 is 2.57 bits per heavy atom. The predicted octanol–water partition coefficient (Wildman–Crippen LogP) is 2.60. The van der Waals surface area contributed by atoms with Crippen LogP contribution < -0.4 is 10.6 Å². The monoisotopic (exact) mass is 360 g/mol. The first-order chi connectivity index (χ1) is 10.8. The first-order valence-corrected chi connectivity index (χ1v) is 7.36. The smallest absolute Gasteiger partial charge is 0.337 e. The van der Waals surface area contributed by atoms with Crippen LogP contribution in [0.4, 0.5) is 4.79 Å². The number of ether oxygens (including phenoxy) is 1. The van der Waals surface area contributed by atoms with Gasteiger partial charge in [-0.2, -0.15) is 0 Å². The van der Waals surface area contributed by atoms with E-state index in [2.05, 4.69) is 10.6 Å². The summed E-state index contributed by atoms with van der Waals surface area (Å²) in [6.07, 6.45) is 0.356. The van der Waals surface area contributed by atoms with Crippen molar-refractivity contribution in [2.24, 2.45) is 0 Å². The highest BCUT2D eigenvalue weighted by Gasteiger charge is 2.35. The summed E-state index contributed by atoms with van der Waals surface area (Å²) >= 11 is 11.7. The number of benzene rings is 1. The fraction of sp³-hybridized carbons (Fsp3) is 0.286. The second-order valence-electron chi connectivity index (χ2n) is 4.73. The van der Waals surface area contributed by atoms with Crippen molar-refractivity contribution in [1.29, 1.82) is 0 Å². The molecular formula is C14H14Cl2N2O5. The van der Waals surface area contributed by atoms with Crippen LogP contribution in [0.1, 0.15) is 24.9 Å². The molecule has 0 saturated heterocycles. The number of phenolic OH excluding ortho intramolecular Hbond substituents is 2. The summed E-state index contributed by atoms with van der Waals surface area (Å²) in [7, 11) is 1.20. The van der Waals surface area contributed by atoms with Gasteiger partial charge in [0.2, 0.25) is 0 Å². The van der Waals surface area contributed by atoms with Gasteiger partial charge in [0.05, 0.1) is 23.7 Å². The fourth-order valence-electron chi connectivity index (χ4n) is 2.32. The molecule has 1 aromatic rings. The maximum Gasteiger partial charge on any atom is 0.337 e. The molecule has 0 aromatic heterocycles. The third kappa shape index (κ3) is 3.02. The van der Waals surface area contributed by atoms with E-state index in [1.54, 1.807) is 6.92 Å². The molecule has 0 saturated carbocycles. The largest absolute Gasteiger partial charge is 0.506 e. The van der Waals surface area contributed by atoms with Gasteiger partial charge >= 0.3 is 12.0 Å². The first-order valence-electron chi connectivity index (χ1n) is 6.60. The average molecular weight is 361 g/mol. The number of nitrogens with one attached hydrogen (secondary N) is 2. The van der Waals surface area contributed by atoms with Crippen molar-refractivity contribution in [3.8, 4) is 11.5 Å². The number of allylic oxidation sites excluding steroid dienone is 1. The number of aromatic hydroxyl groups is 2. The fourth-order valence-corrected chi connectivity index (χ4v) is 2.79. The van der Waals surface area contributed by atoms with Gasteiger partial charge in [0, 0.05) is 11.3 Å². The number of phenols is 2. The number of carbonyl (C=O) groups excluding carboxylic acids is 2. The Morgan fingerprint density at radius 1 is 1.35 bits per heavy atom. The number of rotatable bonds is 3. The molecule has 23 heavy (non-hydrogen) atoms. The highest BCUT2D eigenvalue weighted by molar-refractivity contribution is 6.38. The molecule has 7 nitrogen and oxygen atoms in total. The molecule has 0 radical (unpaired) electrons. The summed E-state index contributed by atoms with van der Waals surface area (Å²) in [5, 5.41) is 24.4. The van der Waals surface area contributed by atoms with E-state index in [1.807, 2.05) is 0 Å². The molecule has 1 aliphatic rings.